The maximum atomic E-state index is 5.22. The highest BCUT2D eigenvalue weighted by Crippen LogP contribution is 2.48. The fraction of sp³-hybridized carbons (Fsp3) is 0.0652. The first kappa shape index (κ1) is 30.2. The van der Waals surface area contributed by atoms with Crippen LogP contribution < -0.4 is 20.7 Å². The van der Waals surface area contributed by atoms with E-state index in [1.807, 2.05) is 11.8 Å². The van der Waals surface area contributed by atoms with Gasteiger partial charge in [0, 0.05) is 20.9 Å². The van der Waals surface area contributed by atoms with Crippen LogP contribution >= 0.6 is 11.8 Å². The van der Waals surface area contributed by atoms with Crippen molar-refractivity contribution in [3.8, 4) is 5.69 Å². The normalized spacial score (nSPS) is 13.8. The van der Waals surface area contributed by atoms with E-state index in [4.69, 9.17) is 4.98 Å². The van der Waals surface area contributed by atoms with Crippen LogP contribution in [0.4, 0.5) is 0 Å². The second kappa shape index (κ2) is 11.5. The molecule has 10 rings (SSSR count). The zero-order valence-electron chi connectivity index (χ0n) is 28.5. The highest BCUT2D eigenvalue weighted by atomic mass is 32.2. The molecule has 0 aliphatic carbocycles. The monoisotopic (exact) mass is 689 g/mol. The molecule has 0 unspecified atom stereocenters. The van der Waals surface area contributed by atoms with E-state index in [2.05, 4.69) is 199 Å². The first-order valence-electron chi connectivity index (χ1n) is 17.6. The third-order valence-electron chi connectivity index (χ3n) is 10.9. The van der Waals surface area contributed by atoms with E-state index in [1.165, 1.54) is 41.7 Å². The molecule has 0 spiro atoms. The van der Waals surface area contributed by atoms with E-state index in [9.17, 15) is 0 Å². The second-order valence-corrected chi connectivity index (χ2v) is 18.8. The molecule has 0 fully saturated rings. The number of imidazole rings is 2. The summed E-state index contributed by atoms with van der Waals surface area (Å²) in [6.07, 6.45) is 0. The molecular formula is C46H35N3SSi. The summed E-state index contributed by atoms with van der Waals surface area (Å²) in [4.78, 5) is 7.95. The largest absolute Gasteiger partial charge is 0.278 e. The molecule has 244 valence electrons. The Hall–Kier alpha value is -5.62. The highest BCUT2D eigenvalue weighted by Gasteiger charge is 2.46. The Balaban J connectivity index is 1.31. The van der Waals surface area contributed by atoms with Gasteiger partial charge in [0.05, 0.1) is 22.1 Å². The number of rotatable bonds is 5. The van der Waals surface area contributed by atoms with Crippen LogP contribution in [-0.2, 0) is 5.41 Å². The summed E-state index contributed by atoms with van der Waals surface area (Å²) in [6, 6.07) is 65.1. The van der Waals surface area contributed by atoms with Gasteiger partial charge in [-0.05, 0) is 74.3 Å². The van der Waals surface area contributed by atoms with Crippen molar-refractivity contribution < 1.29 is 0 Å². The SMILES string of the molecule is CC1(C)c2ccccc2Sc2c1cccc2[Si](c1ccccc1)(c1ccccc1)c1cccc(-n2c3ccccc3n3c4ccccc4nc23)c1. The zero-order chi connectivity index (χ0) is 34.2. The highest BCUT2D eigenvalue weighted by molar-refractivity contribution is 7.99. The van der Waals surface area contributed by atoms with Gasteiger partial charge in [-0.1, -0.05) is 159 Å². The topological polar surface area (TPSA) is 22.2 Å². The van der Waals surface area contributed by atoms with Gasteiger partial charge in [0.25, 0.3) is 0 Å². The summed E-state index contributed by atoms with van der Waals surface area (Å²) in [7, 11) is -2.94. The van der Waals surface area contributed by atoms with Crippen molar-refractivity contribution in [2.24, 2.45) is 0 Å². The molecule has 1 aliphatic heterocycles. The van der Waals surface area contributed by atoms with Gasteiger partial charge in [-0.3, -0.25) is 8.97 Å². The Bertz CT molecular complexity index is 2720. The summed E-state index contributed by atoms with van der Waals surface area (Å²) in [5.41, 5.74) is 8.16. The predicted molar refractivity (Wildman–Crippen MR) is 216 cm³/mol. The lowest BCUT2D eigenvalue weighted by atomic mass is 9.78. The van der Waals surface area contributed by atoms with Crippen molar-refractivity contribution in [2.45, 2.75) is 29.1 Å². The van der Waals surface area contributed by atoms with Crippen molar-refractivity contribution in [1.29, 1.82) is 0 Å². The molecule has 0 atom stereocenters. The molecule has 0 amide bonds. The van der Waals surface area contributed by atoms with E-state index in [-0.39, 0.29) is 5.41 Å². The van der Waals surface area contributed by atoms with Gasteiger partial charge >= 0.3 is 0 Å². The van der Waals surface area contributed by atoms with Crippen molar-refractivity contribution >= 4 is 68.4 Å². The predicted octanol–water partition coefficient (Wildman–Crippen LogP) is 8.60. The summed E-state index contributed by atoms with van der Waals surface area (Å²) in [6.45, 7) is 4.78. The van der Waals surface area contributed by atoms with E-state index in [1.54, 1.807) is 0 Å². The zero-order valence-corrected chi connectivity index (χ0v) is 30.3. The van der Waals surface area contributed by atoms with Crippen LogP contribution in [-0.4, -0.2) is 22.0 Å². The number of benzene rings is 7. The van der Waals surface area contributed by atoms with Crippen LogP contribution in [0.1, 0.15) is 25.0 Å². The summed E-state index contributed by atoms with van der Waals surface area (Å²) < 4.78 is 4.66. The van der Waals surface area contributed by atoms with E-state index < -0.39 is 8.07 Å². The third kappa shape index (κ3) is 4.35. The van der Waals surface area contributed by atoms with E-state index in [0.717, 1.165) is 33.5 Å². The second-order valence-electron chi connectivity index (χ2n) is 14.0. The molecule has 7 aromatic carbocycles. The van der Waals surface area contributed by atoms with Crippen LogP contribution in [0.15, 0.2) is 186 Å². The molecule has 9 aromatic rings. The molecule has 0 bridgehead atoms. The fourth-order valence-electron chi connectivity index (χ4n) is 8.59. The Labute approximate surface area is 302 Å². The Morgan fingerprint density at radius 3 is 1.88 bits per heavy atom. The minimum atomic E-state index is -2.94. The summed E-state index contributed by atoms with van der Waals surface area (Å²) in [5.74, 6) is 0.923. The quantitative estimate of drug-likeness (QED) is 0.133. The van der Waals surface area contributed by atoms with Gasteiger partial charge in [0.15, 0.2) is 8.07 Å². The molecule has 2 aromatic heterocycles. The van der Waals surface area contributed by atoms with Crippen molar-refractivity contribution in [3.05, 3.63) is 187 Å². The van der Waals surface area contributed by atoms with E-state index >= 15 is 0 Å². The number of hydrogen-bond acceptors (Lipinski definition) is 2. The van der Waals surface area contributed by atoms with Gasteiger partial charge in [0.2, 0.25) is 5.78 Å². The van der Waals surface area contributed by atoms with Crippen molar-refractivity contribution in [1.82, 2.24) is 14.0 Å². The molecule has 0 radical (unpaired) electrons. The lowest BCUT2D eigenvalue weighted by Crippen LogP contribution is -2.75. The number of nitrogens with zero attached hydrogens (tertiary/aromatic N) is 3. The van der Waals surface area contributed by atoms with Crippen molar-refractivity contribution in [2.75, 3.05) is 0 Å². The lowest BCUT2D eigenvalue weighted by Gasteiger charge is -2.40. The maximum absolute atomic E-state index is 5.22. The van der Waals surface area contributed by atoms with Crippen LogP contribution in [0.2, 0.25) is 0 Å². The number of hydrogen-bond donors (Lipinski definition) is 0. The lowest BCUT2D eigenvalue weighted by molar-refractivity contribution is 0.608. The van der Waals surface area contributed by atoms with Crippen LogP contribution in [0.5, 0.6) is 0 Å². The Kier molecular flexibility index (Phi) is 6.79. The molecule has 51 heavy (non-hydrogen) atoms. The molecule has 0 N–H and O–H groups in total. The summed E-state index contributed by atoms with van der Waals surface area (Å²) >= 11 is 1.95. The Morgan fingerprint density at radius 1 is 0.529 bits per heavy atom. The standard InChI is InChI=1S/C46H35N3SSi/c1-46(2)36-23-9-14-29-42(36)50-44-37(46)24-16-30-43(44)51(33-18-5-3-6-19-33,34-20-7-4-8-21-34)35-22-15-17-32(31-35)48-40-27-12-13-28-41(40)49-39-26-11-10-25-38(39)47-45(48)49/h3-31H,1-2H3. The fourth-order valence-corrected chi connectivity index (χ4v) is 15.5. The molecule has 5 heteroatoms. The number of aromatic nitrogens is 3. The molecular weight excluding hydrogens is 655 g/mol. The van der Waals surface area contributed by atoms with Gasteiger partial charge in [-0.2, -0.15) is 0 Å². The van der Waals surface area contributed by atoms with Crippen LogP contribution in [0.25, 0.3) is 33.5 Å². The van der Waals surface area contributed by atoms with Gasteiger partial charge in [-0.15, -0.1) is 0 Å². The third-order valence-corrected chi connectivity index (χ3v) is 17.1. The first-order valence-corrected chi connectivity index (χ1v) is 20.4. The van der Waals surface area contributed by atoms with Crippen LogP contribution in [0.3, 0.4) is 0 Å². The first-order chi connectivity index (χ1) is 25.1. The number of para-hydroxylation sites is 4. The average Bonchev–Trinajstić information content (AvgIpc) is 3.71. The average molecular weight is 690 g/mol. The molecule has 0 saturated carbocycles. The molecule has 0 saturated heterocycles. The number of fused-ring (bicyclic) bond motifs is 7. The maximum Gasteiger partial charge on any atom is 0.220 e. The summed E-state index contributed by atoms with van der Waals surface area (Å²) in [5, 5.41) is 5.51. The molecule has 1 aliphatic rings. The molecule has 3 nitrogen and oxygen atoms in total. The minimum absolute atomic E-state index is 0.138. The van der Waals surface area contributed by atoms with Crippen molar-refractivity contribution in [3.63, 3.8) is 0 Å². The Morgan fingerprint density at radius 2 is 1.12 bits per heavy atom. The van der Waals surface area contributed by atoms with Crippen LogP contribution in [0, 0.1) is 0 Å². The van der Waals surface area contributed by atoms with E-state index in [0.29, 0.717) is 0 Å². The molecule has 3 heterocycles. The van der Waals surface area contributed by atoms with Gasteiger partial charge in [-0.25, -0.2) is 4.98 Å². The van der Waals surface area contributed by atoms with Gasteiger partial charge < -0.3 is 0 Å². The minimum Gasteiger partial charge on any atom is -0.278 e. The smallest absolute Gasteiger partial charge is 0.220 e. The van der Waals surface area contributed by atoms with Gasteiger partial charge in [0.1, 0.15) is 0 Å².